The van der Waals surface area contributed by atoms with Crippen LogP contribution in [0.3, 0.4) is 0 Å². The summed E-state index contributed by atoms with van der Waals surface area (Å²) in [5.41, 5.74) is 6.28. The highest BCUT2D eigenvalue weighted by atomic mass is 19.1. The second kappa shape index (κ2) is 8.88. The average Bonchev–Trinajstić information content (AvgIpc) is 2.46. The van der Waals surface area contributed by atoms with Crippen molar-refractivity contribution in [1.29, 1.82) is 0 Å². The number of hydrogen-bond donors (Lipinski definition) is 4. The van der Waals surface area contributed by atoms with E-state index in [1.54, 1.807) is 13.2 Å². The van der Waals surface area contributed by atoms with Gasteiger partial charge >= 0.3 is 0 Å². The maximum absolute atomic E-state index is 13.4. The second-order valence-corrected chi connectivity index (χ2v) is 4.28. The third kappa shape index (κ3) is 6.19. The number of nitrogens with two attached hydrogens (primary N) is 1. The van der Waals surface area contributed by atoms with E-state index >= 15 is 0 Å². The average molecular weight is 298 g/mol. The van der Waals surface area contributed by atoms with Crippen LogP contribution < -0.4 is 16.4 Å². The molecular weight excluding hydrogens is 279 g/mol. The molecule has 0 aromatic heterocycles. The Labute approximate surface area is 122 Å². The topological polar surface area (TPSA) is 109 Å². The zero-order chi connectivity index (χ0) is 15.7. The van der Waals surface area contributed by atoms with Crippen molar-refractivity contribution < 1.29 is 19.1 Å². The van der Waals surface area contributed by atoms with Crippen LogP contribution in [-0.2, 0) is 16.1 Å². The Morgan fingerprint density at radius 1 is 1.48 bits per heavy atom. The van der Waals surface area contributed by atoms with Crippen molar-refractivity contribution in [3.8, 4) is 0 Å². The normalized spacial score (nSPS) is 11.4. The Kier molecular flexibility index (Phi) is 7.13. The second-order valence-electron chi connectivity index (χ2n) is 4.28. The number of carbonyl (C=O) groups is 1. The van der Waals surface area contributed by atoms with Crippen molar-refractivity contribution in [1.82, 2.24) is 10.6 Å². The van der Waals surface area contributed by atoms with E-state index in [9.17, 15) is 9.18 Å². The van der Waals surface area contributed by atoms with Gasteiger partial charge in [0.25, 0.3) is 0 Å². The number of methoxy groups -OCH3 is 1. The largest absolute Gasteiger partial charge is 0.409 e. The van der Waals surface area contributed by atoms with Crippen LogP contribution in [-0.4, -0.2) is 43.8 Å². The first-order valence-electron chi connectivity index (χ1n) is 6.30. The molecule has 0 saturated carbocycles. The number of nitrogens with one attached hydrogen (secondary N) is 2. The minimum Gasteiger partial charge on any atom is -0.409 e. The molecule has 1 rings (SSSR count). The maximum Gasteiger partial charge on any atom is 0.234 e. The lowest BCUT2D eigenvalue weighted by Gasteiger charge is -2.08. The van der Waals surface area contributed by atoms with Gasteiger partial charge in [-0.2, -0.15) is 0 Å². The monoisotopic (exact) mass is 298 g/mol. The first kappa shape index (κ1) is 16.9. The van der Waals surface area contributed by atoms with Gasteiger partial charge in [0.15, 0.2) is 5.84 Å². The highest BCUT2D eigenvalue weighted by molar-refractivity contribution is 5.97. The fraction of sp³-hybridized carbons (Fsp3) is 0.385. The van der Waals surface area contributed by atoms with E-state index in [-0.39, 0.29) is 30.4 Å². The maximum atomic E-state index is 13.4. The van der Waals surface area contributed by atoms with Crippen LogP contribution in [0.2, 0.25) is 0 Å². The number of carbonyl (C=O) groups excluding carboxylic acids is 1. The Bertz CT molecular complexity index is 508. The molecule has 7 nitrogen and oxygen atoms in total. The Morgan fingerprint density at radius 2 is 2.24 bits per heavy atom. The number of amides is 1. The van der Waals surface area contributed by atoms with Gasteiger partial charge in [-0.1, -0.05) is 5.16 Å². The Hall–Kier alpha value is -2.19. The predicted octanol–water partition coefficient (Wildman–Crippen LogP) is -0.228. The van der Waals surface area contributed by atoms with Crippen LogP contribution in [0.1, 0.15) is 11.1 Å². The van der Waals surface area contributed by atoms with E-state index in [0.717, 1.165) is 6.07 Å². The van der Waals surface area contributed by atoms with Gasteiger partial charge in [-0.15, -0.1) is 0 Å². The molecule has 0 unspecified atom stereocenters. The number of hydrogen-bond acceptors (Lipinski definition) is 5. The molecule has 21 heavy (non-hydrogen) atoms. The molecule has 0 heterocycles. The molecule has 1 aromatic carbocycles. The lowest BCUT2D eigenvalue weighted by molar-refractivity contribution is -0.120. The van der Waals surface area contributed by atoms with Gasteiger partial charge in [-0.3, -0.25) is 4.79 Å². The minimum absolute atomic E-state index is 0.0964. The summed E-state index contributed by atoms with van der Waals surface area (Å²) in [5, 5.41) is 16.9. The van der Waals surface area contributed by atoms with Crippen LogP contribution in [0.25, 0.3) is 0 Å². The summed E-state index contributed by atoms with van der Waals surface area (Å²) >= 11 is 0. The number of halogens is 1. The van der Waals surface area contributed by atoms with Crippen LogP contribution in [0.4, 0.5) is 4.39 Å². The van der Waals surface area contributed by atoms with E-state index in [1.165, 1.54) is 6.07 Å². The molecule has 0 bridgehead atoms. The Morgan fingerprint density at radius 3 is 2.90 bits per heavy atom. The summed E-state index contributed by atoms with van der Waals surface area (Å²) in [5.74, 6) is -0.853. The van der Waals surface area contributed by atoms with E-state index in [1.807, 2.05) is 0 Å². The van der Waals surface area contributed by atoms with Crippen LogP contribution in [0, 0.1) is 5.82 Å². The van der Waals surface area contributed by atoms with Crippen molar-refractivity contribution in [2.24, 2.45) is 10.9 Å². The first-order valence-corrected chi connectivity index (χ1v) is 6.30. The number of oxime groups is 1. The van der Waals surface area contributed by atoms with Crippen molar-refractivity contribution in [2.45, 2.75) is 6.54 Å². The van der Waals surface area contributed by atoms with E-state index < -0.39 is 5.82 Å². The number of nitrogens with zero attached hydrogens (tertiary/aromatic N) is 1. The molecule has 0 fully saturated rings. The van der Waals surface area contributed by atoms with Crippen LogP contribution >= 0.6 is 0 Å². The molecule has 0 aliphatic rings. The summed E-state index contributed by atoms with van der Waals surface area (Å²) in [4.78, 5) is 11.4. The summed E-state index contributed by atoms with van der Waals surface area (Å²) in [6.45, 7) is 1.25. The third-order valence-corrected chi connectivity index (χ3v) is 2.60. The lowest BCUT2D eigenvalue weighted by atomic mass is 10.1. The van der Waals surface area contributed by atoms with Gasteiger partial charge in [-0.25, -0.2) is 4.39 Å². The number of ether oxygens (including phenoxy) is 1. The zero-order valence-electron chi connectivity index (χ0n) is 11.7. The van der Waals surface area contributed by atoms with Crippen molar-refractivity contribution in [3.63, 3.8) is 0 Å². The number of benzene rings is 1. The summed E-state index contributed by atoms with van der Waals surface area (Å²) in [6, 6.07) is 4.05. The number of rotatable bonds is 8. The van der Waals surface area contributed by atoms with Gasteiger partial charge in [0.2, 0.25) is 5.91 Å². The molecule has 5 N–H and O–H groups in total. The third-order valence-electron chi connectivity index (χ3n) is 2.60. The quantitative estimate of drug-likeness (QED) is 0.174. The summed E-state index contributed by atoms with van der Waals surface area (Å²) in [6.07, 6.45) is 0. The molecule has 0 radical (unpaired) electrons. The highest BCUT2D eigenvalue weighted by Crippen LogP contribution is 2.09. The van der Waals surface area contributed by atoms with Crippen LogP contribution in [0.5, 0.6) is 0 Å². The van der Waals surface area contributed by atoms with Gasteiger partial charge in [-0.05, 0) is 23.8 Å². The molecule has 1 amide bonds. The lowest BCUT2D eigenvalue weighted by Crippen LogP contribution is -2.35. The SMILES string of the molecule is COCCNC(=O)CNCc1cc(F)cc(/C(N)=N/O)c1. The standard InChI is InChI=1S/C13H19FN4O3/c1-21-3-2-17-12(19)8-16-7-9-4-10(13(15)18-20)6-11(14)5-9/h4-6,16,20H,2-3,7-8H2,1H3,(H2,15,18)(H,17,19). The molecule has 0 atom stereocenters. The molecule has 8 heteroatoms. The summed E-state index contributed by atoms with van der Waals surface area (Å²) < 4.78 is 18.2. The van der Waals surface area contributed by atoms with E-state index in [4.69, 9.17) is 15.7 Å². The van der Waals surface area contributed by atoms with Crippen molar-refractivity contribution >= 4 is 11.7 Å². The number of amidine groups is 1. The summed E-state index contributed by atoms with van der Waals surface area (Å²) in [7, 11) is 1.55. The molecular formula is C13H19FN4O3. The molecule has 0 aliphatic heterocycles. The molecule has 0 aliphatic carbocycles. The predicted molar refractivity (Wildman–Crippen MR) is 75.5 cm³/mol. The van der Waals surface area contributed by atoms with Gasteiger partial charge in [0.1, 0.15) is 5.82 Å². The van der Waals surface area contributed by atoms with Crippen molar-refractivity contribution in [3.05, 3.63) is 35.1 Å². The molecule has 0 saturated heterocycles. The molecule has 116 valence electrons. The zero-order valence-corrected chi connectivity index (χ0v) is 11.7. The van der Waals surface area contributed by atoms with Crippen LogP contribution in [0.15, 0.2) is 23.4 Å². The smallest absolute Gasteiger partial charge is 0.234 e. The fourth-order valence-electron chi connectivity index (χ4n) is 1.63. The highest BCUT2D eigenvalue weighted by Gasteiger charge is 2.06. The fourth-order valence-corrected chi connectivity index (χ4v) is 1.63. The Balaban J connectivity index is 2.48. The minimum atomic E-state index is -0.500. The molecule has 0 spiro atoms. The van der Waals surface area contributed by atoms with Gasteiger partial charge in [0, 0.05) is 25.8 Å². The van der Waals surface area contributed by atoms with E-state index in [2.05, 4.69) is 15.8 Å². The van der Waals surface area contributed by atoms with Crippen molar-refractivity contribution in [2.75, 3.05) is 26.8 Å². The first-order chi connectivity index (χ1) is 10.1. The van der Waals surface area contributed by atoms with Gasteiger partial charge in [0.05, 0.1) is 13.2 Å². The molecule has 1 aromatic rings. The van der Waals surface area contributed by atoms with E-state index in [0.29, 0.717) is 18.7 Å². The van der Waals surface area contributed by atoms with Gasteiger partial charge < -0.3 is 26.3 Å².